The first-order valence-corrected chi connectivity index (χ1v) is 6.16. The molecule has 6 heteroatoms. The molecule has 0 atom stereocenters. The van der Waals surface area contributed by atoms with E-state index in [2.05, 4.69) is 15.0 Å². The molecule has 0 saturated heterocycles. The second kappa shape index (κ2) is 8.01. The number of benzene rings is 1. The van der Waals surface area contributed by atoms with E-state index in [4.69, 9.17) is 0 Å². The number of hydrogen-bond acceptors (Lipinski definition) is 3. The Balaban J connectivity index is 2.02. The number of ether oxygens (including phenoxy) is 1. The van der Waals surface area contributed by atoms with Gasteiger partial charge in [0.1, 0.15) is 0 Å². The molecule has 0 fully saturated rings. The average molecular weight is 276 g/mol. The number of hydrogen-bond donors (Lipinski definition) is 1. The second-order valence-electron chi connectivity index (χ2n) is 4.15. The van der Waals surface area contributed by atoms with E-state index in [0.29, 0.717) is 6.54 Å². The lowest BCUT2D eigenvalue weighted by atomic mass is 10.3. The van der Waals surface area contributed by atoms with Crippen LogP contribution in [0.2, 0.25) is 0 Å². The molecule has 108 valence electrons. The smallest absolute Gasteiger partial charge is 0.375 e. The molecule has 1 N–H and O–H groups in total. The number of nitrogens with zero attached hydrogens (tertiary/aromatic N) is 1. The van der Waals surface area contributed by atoms with Crippen LogP contribution in [-0.4, -0.2) is 39.7 Å². The van der Waals surface area contributed by atoms with E-state index in [0.717, 1.165) is 18.7 Å². The molecule has 19 heavy (non-hydrogen) atoms. The lowest BCUT2D eigenvalue weighted by Gasteiger charge is -2.19. The fourth-order valence-corrected chi connectivity index (χ4v) is 1.62. The number of anilines is 1. The Bertz CT molecular complexity index is 343. The van der Waals surface area contributed by atoms with Crippen molar-refractivity contribution in [2.45, 2.75) is 12.8 Å². The Morgan fingerprint density at radius 1 is 1.16 bits per heavy atom. The van der Waals surface area contributed by atoms with Gasteiger partial charge in [-0.15, -0.1) is 13.2 Å². The van der Waals surface area contributed by atoms with Crippen molar-refractivity contribution in [1.82, 2.24) is 5.32 Å². The van der Waals surface area contributed by atoms with Gasteiger partial charge in [0.05, 0.1) is 6.61 Å². The Hall–Kier alpha value is -1.27. The van der Waals surface area contributed by atoms with E-state index in [9.17, 15) is 13.2 Å². The molecule has 0 aliphatic rings. The van der Waals surface area contributed by atoms with Gasteiger partial charge in [-0.1, -0.05) is 18.2 Å². The number of rotatable bonds is 8. The molecular weight excluding hydrogens is 257 g/mol. The Kier molecular flexibility index (Phi) is 6.66. The summed E-state index contributed by atoms with van der Waals surface area (Å²) in [5.41, 5.74) is 1.13. The maximum Gasteiger partial charge on any atom is 0.522 e. The summed E-state index contributed by atoms with van der Waals surface area (Å²) in [6.45, 7) is 1.36. The molecule has 0 aromatic heterocycles. The molecule has 0 heterocycles. The van der Waals surface area contributed by atoms with Crippen LogP contribution in [0, 0.1) is 0 Å². The van der Waals surface area contributed by atoms with Crippen molar-refractivity contribution in [1.29, 1.82) is 0 Å². The molecule has 1 aromatic carbocycles. The van der Waals surface area contributed by atoms with Gasteiger partial charge in [0.2, 0.25) is 0 Å². The van der Waals surface area contributed by atoms with Crippen LogP contribution in [-0.2, 0) is 4.74 Å². The third kappa shape index (κ3) is 7.69. The van der Waals surface area contributed by atoms with Gasteiger partial charge in [-0.3, -0.25) is 4.74 Å². The molecule has 0 aliphatic carbocycles. The van der Waals surface area contributed by atoms with Gasteiger partial charge in [0.25, 0.3) is 0 Å². The minimum absolute atomic E-state index is 0.203. The van der Waals surface area contributed by atoms with Crippen molar-refractivity contribution >= 4 is 5.69 Å². The van der Waals surface area contributed by atoms with Crippen molar-refractivity contribution in [2.75, 3.05) is 38.2 Å². The van der Waals surface area contributed by atoms with E-state index >= 15 is 0 Å². The maximum absolute atomic E-state index is 11.7. The van der Waals surface area contributed by atoms with Gasteiger partial charge in [0, 0.05) is 25.8 Å². The molecule has 1 aromatic rings. The van der Waals surface area contributed by atoms with Crippen molar-refractivity contribution in [3.8, 4) is 0 Å². The predicted octanol–water partition coefficient (Wildman–Crippen LogP) is 2.64. The third-order valence-corrected chi connectivity index (χ3v) is 2.59. The van der Waals surface area contributed by atoms with Crippen LogP contribution in [0.1, 0.15) is 6.42 Å². The lowest BCUT2D eigenvalue weighted by molar-refractivity contribution is -0.323. The summed E-state index contributed by atoms with van der Waals surface area (Å²) in [6, 6.07) is 9.94. The van der Waals surface area contributed by atoms with Crippen molar-refractivity contribution in [3.05, 3.63) is 30.3 Å². The van der Waals surface area contributed by atoms with Crippen LogP contribution >= 0.6 is 0 Å². The van der Waals surface area contributed by atoms with Crippen LogP contribution in [0.4, 0.5) is 18.9 Å². The Labute approximate surface area is 111 Å². The zero-order chi connectivity index (χ0) is 14.1. The van der Waals surface area contributed by atoms with Crippen LogP contribution in [0.5, 0.6) is 0 Å². The molecule has 0 bridgehead atoms. The molecule has 0 aliphatic heterocycles. The van der Waals surface area contributed by atoms with Crippen molar-refractivity contribution < 1.29 is 17.9 Å². The highest BCUT2D eigenvalue weighted by Gasteiger charge is 2.28. The van der Waals surface area contributed by atoms with Gasteiger partial charge in [-0.2, -0.15) is 0 Å². The molecule has 0 saturated carbocycles. The highest BCUT2D eigenvalue weighted by molar-refractivity contribution is 5.44. The number of alkyl halides is 3. The predicted molar refractivity (Wildman–Crippen MR) is 69.2 cm³/mol. The third-order valence-electron chi connectivity index (χ3n) is 2.59. The number of nitrogens with one attached hydrogen (secondary N) is 1. The van der Waals surface area contributed by atoms with Crippen molar-refractivity contribution in [3.63, 3.8) is 0 Å². The molecule has 1 rings (SSSR count). The lowest BCUT2D eigenvalue weighted by Crippen LogP contribution is -2.27. The second-order valence-corrected chi connectivity index (χ2v) is 4.15. The Morgan fingerprint density at radius 3 is 2.47 bits per heavy atom. The van der Waals surface area contributed by atoms with E-state index in [1.165, 1.54) is 0 Å². The number of halogens is 3. The topological polar surface area (TPSA) is 24.5 Å². The number of para-hydroxylation sites is 1. The normalized spacial score (nSPS) is 11.6. The zero-order valence-corrected chi connectivity index (χ0v) is 10.9. The first-order valence-electron chi connectivity index (χ1n) is 6.16. The first kappa shape index (κ1) is 15.8. The standard InChI is InChI=1S/C13H19F3N2O/c1-18(12-6-3-2-4-7-12)10-5-8-17-9-11-19-13(14,15)16/h2-4,6-7,17H,5,8-11H2,1H3. The fourth-order valence-electron chi connectivity index (χ4n) is 1.62. The summed E-state index contributed by atoms with van der Waals surface area (Å²) in [7, 11) is 1.99. The van der Waals surface area contributed by atoms with E-state index in [-0.39, 0.29) is 13.2 Å². The van der Waals surface area contributed by atoms with Gasteiger partial charge in [-0.25, -0.2) is 0 Å². The maximum atomic E-state index is 11.7. The Morgan fingerprint density at radius 2 is 1.84 bits per heavy atom. The first-order chi connectivity index (χ1) is 8.99. The molecule has 0 radical (unpaired) electrons. The van der Waals surface area contributed by atoms with Crippen LogP contribution in [0.25, 0.3) is 0 Å². The quantitative estimate of drug-likeness (QED) is 0.739. The minimum atomic E-state index is -4.53. The molecule has 3 nitrogen and oxygen atoms in total. The molecular formula is C13H19F3N2O. The minimum Gasteiger partial charge on any atom is -0.375 e. The summed E-state index contributed by atoms with van der Waals surface area (Å²) in [5, 5.41) is 2.91. The highest BCUT2D eigenvalue weighted by atomic mass is 19.4. The van der Waals surface area contributed by atoms with Crippen LogP contribution in [0.15, 0.2) is 30.3 Å². The van der Waals surface area contributed by atoms with Crippen LogP contribution < -0.4 is 10.2 Å². The van der Waals surface area contributed by atoms with Gasteiger partial charge >= 0.3 is 6.36 Å². The summed E-state index contributed by atoms with van der Waals surface area (Å²) in [5.74, 6) is 0. The van der Waals surface area contributed by atoms with Crippen molar-refractivity contribution in [2.24, 2.45) is 0 Å². The van der Waals surface area contributed by atoms with Gasteiger partial charge in [0.15, 0.2) is 0 Å². The summed E-state index contributed by atoms with van der Waals surface area (Å²) in [4.78, 5) is 2.11. The SMILES string of the molecule is CN(CCCNCCOC(F)(F)F)c1ccccc1. The van der Waals surface area contributed by atoms with Gasteiger partial charge in [-0.05, 0) is 25.1 Å². The molecule has 0 unspecified atom stereocenters. The highest BCUT2D eigenvalue weighted by Crippen LogP contribution is 2.15. The zero-order valence-electron chi connectivity index (χ0n) is 10.9. The summed E-state index contributed by atoms with van der Waals surface area (Å²) in [6.07, 6.45) is -3.67. The largest absolute Gasteiger partial charge is 0.522 e. The fraction of sp³-hybridized carbons (Fsp3) is 0.538. The molecule has 0 spiro atoms. The average Bonchev–Trinajstić information content (AvgIpc) is 2.37. The monoisotopic (exact) mass is 276 g/mol. The van der Waals surface area contributed by atoms with Crippen LogP contribution in [0.3, 0.4) is 0 Å². The summed E-state index contributed by atoms with van der Waals surface area (Å²) < 4.78 is 38.7. The summed E-state index contributed by atoms with van der Waals surface area (Å²) >= 11 is 0. The van der Waals surface area contributed by atoms with Gasteiger partial charge < -0.3 is 10.2 Å². The van der Waals surface area contributed by atoms with E-state index in [1.54, 1.807) is 0 Å². The van der Waals surface area contributed by atoms with E-state index < -0.39 is 6.36 Å². The van der Waals surface area contributed by atoms with E-state index in [1.807, 2.05) is 37.4 Å². The molecule has 0 amide bonds.